The van der Waals surface area contributed by atoms with Gasteiger partial charge in [-0.15, -0.1) is 11.3 Å². The first-order valence-corrected chi connectivity index (χ1v) is 12.2. The fraction of sp³-hybridized carbons (Fsp3) is 0.182. The Morgan fingerprint density at radius 1 is 1.10 bits per heavy atom. The van der Waals surface area contributed by atoms with Crippen LogP contribution in [0, 0.1) is 6.92 Å². The van der Waals surface area contributed by atoms with Crippen molar-refractivity contribution in [3.8, 4) is 0 Å². The van der Waals surface area contributed by atoms with Gasteiger partial charge in [-0.2, -0.15) is 5.10 Å². The van der Waals surface area contributed by atoms with Crippen LogP contribution in [0.15, 0.2) is 71.1 Å². The van der Waals surface area contributed by atoms with E-state index in [1.54, 1.807) is 23.2 Å². The standard InChI is InChI=1S/C22H21N3O3S2/c1-15-6-3-4-7-18(15)20-14-19(23-25(20)22(26)21-8-5-13-29-21)16-9-11-17(12-10-16)24-30(2,27)28/h3-13,20,24H,14H2,1-2H3/t20-/m0/s1. The molecule has 6 nitrogen and oxygen atoms in total. The highest BCUT2D eigenvalue weighted by molar-refractivity contribution is 7.92. The van der Waals surface area contributed by atoms with Gasteiger partial charge in [0.2, 0.25) is 10.0 Å². The third-order valence-corrected chi connectivity index (χ3v) is 6.38. The highest BCUT2D eigenvalue weighted by atomic mass is 32.2. The summed E-state index contributed by atoms with van der Waals surface area (Å²) in [6.07, 6.45) is 1.70. The summed E-state index contributed by atoms with van der Waals surface area (Å²) in [5, 5.41) is 8.14. The predicted octanol–water partition coefficient (Wildman–Crippen LogP) is 4.42. The molecule has 0 aliphatic carbocycles. The summed E-state index contributed by atoms with van der Waals surface area (Å²) in [5.41, 5.74) is 4.31. The fourth-order valence-corrected chi connectivity index (χ4v) is 4.75. The van der Waals surface area contributed by atoms with E-state index in [-0.39, 0.29) is 11.9 Å². The number of hydrazone groups is 1. The van der Waals surface area contributed by atoms with Gasteiger partial charge in [0.25, 0.3) is 5.91 Å². The summed E-state index contributed by atoms with van der Waals surface area (Å²) in [5.74, 6) is -0.122. The number of hydrogen-bond acceptors (Lipinski definition) is 5. The van der Waals surface area contributed by atoms with Gasteiger partial charge in [0, 0.05) is 12.1 Å². The minimum Gasteiger partial charge on any atom is -0.284 e. The molecule has 0 saturated heterocycles. The molecule has 0 radical (unpaired) electrons. The number of carbonyl (C=O) groups excluding carboxylic acids is 1. The number of anilines is 1. The molecular weight excluding hydrogens is 418 g/mol. The third-order valence-electron chi connectivity index (χ3n) is 4.92. The molecule has 30 heavy (non-hydrogen) atoms. The van der Waals surface area contributed by atoms with E-state index in [1.807, 2.05) is 54.8 Å². The van der Waals surface area contributed by atoms with Gasteiger partial charge >= 0.3 is 0 Å². The second-order valence-electron chi connectivity index (χ2n) is 7.20. The van der Waals surface area contributed by atoms with Gasteiger partial charge in [-0.05, 0) is 47.2 Å². The molecule has 0 bridgehead atoms. The van der Waals surface area contributed by atoms with E-state index < -0.39 is 10.0 Å². The van der Waals surface area contributed by atoms with Crippen LogP contribution >= 0.6 is 11.3 Å². The van der Waals surface area contributed by atoms with Crippen molar-refractivity contribution >= 4 is 38.7 Å². The number of benzene rings is 2. The normalized spacial score (nSPS) is 16.4. The van der Waals surface area contributed by atoms with Crippen LogP contribution in [0.25, 0.3) is 0 Å². The smallest absolute Gasteiger partial charge is 0.284 e. The Labute approximate surface area is 179 Å². The zero-order chi connectivity index (χ0) is 21.3. The van der Waals surface area contributed by atoms with Crippen LogP contribution in [0.3, 0.4) is 0 Å². The van der Waals surface area contributed by atoms with Gasteiger partial charge in [-0.25, -0.2) is 13.4 Å². The zero-order valence-electron chi connectivity index (χ0n) is 16.6. The lowest BCUT2D eigenvalue weighted by Gasteiger charge is -2.23. The van der Waals surface area contributed by atoms with Crippen molar-refractivity contribution in [2.75, 3.05) is 11.0 Å². The third kappa shape index (κ3) is 4.29. The van der Waals surface area contributed by atoms with Crippen molar-refractivity contribution in [2.24, 2.45) is 5.10 Å². The number of amides is 1. The van der Waals surface area contributed by atoms with E-state index in [2.05, 4.69) is 9.82 Å². The predicted molar refractivity (Wildman–Crippen MR) is 120 cm³/mol. The molecule has 0 fully saturated rings. The minimum absolute atomic E-state index is 0.122. The second-order valence-corrected chi connectivity index (χ2v) is 9.90. The van der Waals surface area contributed by atoms with E-state index in [0.29, 0.717) is 17.0 Å². The summed E-state index contributed by atoms with van der Waals surface area (Å²) in [7, 11) is -3.34. The molecule has 1 aliphatic rings. The van der Waals surface area contributed by atoms with Crippen LogP contribution in [-0.4, -0.2) is 31.3 Å². The molecule has 4 rings (SSSR count). The average Bonchev–Trinajstić information content (AvgIpc) is 3.38. The summed E-state index contributed by atoms with van der Waals surface area (Å²) >= 11 is 1.40. The fourth-order valence-electron chi connectivity index (χ4n) is 3.53. The Bertz CT molecular complexity index is 1200. The van der Waals surface area contributed by atoms with Crippen LogP contribution < -0.4 is 4.72 Å². The first-order valence-electron chi connectivity index (χ1n) is 9.40. The van der Waals surface area contributed by atoms with E-state index in [0.717, 1.165) is 28.7 Å². The maximum Gasteiger partial charge on any atom is 0.284 e. The van der Waals surface area contributed by atoms with E-state index in [1.165, 1.54) is 11.3 Å². The molecule has 154 valence electrons. The highest BCUT2D eigenvalue weighted by Gasteiger charge is 2.34. The molecule has 3 aromatic rings. The first-order chi connectivity index (χ1) is 14.3. The van der Waals surface area contributed by atoms with Crippen molar-refractivity contribution in [1.82, 2.24) is 5.01 Å². The topological polar surface area (TPSA) is 78.8 Å². The minimum atomic E-state index is -3.34. The van der Waals surface area contributed by atoms with Crippen LogP contribution in [0.2, 0.25) is 0 Å². The molecule has 0 saturated carbocycles. The zero-order valence-corrected chi connectivity index (χ0v) is 18.2. The molecular formula is C22H21N3O3S2. The summed E-state index contributed by atoms with van der Waals surface area (Å²) in [6.45, 7) is 2.03. The molecule has 2 aromatic carbocycles. The molecule has 8 heteroatoms. The van der Waals surface area contributed by atoms with E-state index in [4.69, 9.17) is 0 Å². The Morgan fingerprint density at radius 3 is 2.47 bits per heavy atom. The molecule has 0 unspecified atom stereocenters. The number of rotatable bonds is 5. The second kappa shape index (κ2) is 8.04. The monoisotopic (exact) mass is 439 g/mol. The number of aryl methyl sites for hydroxylation is 1. The summed E-state index contributed by atoms with van der Waals surface area (Å²) in [4.78, 5) is 13.8. The first kappa shape index (κ1) is 20.3. The Balaban J connectivity index is 1.68. The molecule has 1 aromatic heterocycles. The Morgan fingerprint density at radius 2 is 1.83 bits per heavy atom. The average molecular weight is 440 g/mol. The van der Waals surface area contributed by atoms with Crippen LogP contribution in [-0.2, 0) is 10.0 Å². The maximum absolute atomic E-state index is 13.1. The van der Waals surface area contributed by atoms with Gasteiger partial charge in [-0.1, -0.05) is 42.5 Å². The lowest BCUT2D eigenvalue weighted by Crippen LogP contribution is -2.26. The van der Waals surface area contributed by atoms with Crippen LogP contribution in [0.1, 0.15) is 38.8 Å². The molecule has 1 atom stereocenters. The van der Waals surface area contributed by atoms with Crippen molar-refractivity contribution < 1.29 is 13.2 Å². The highest BCUT2D eigenvalue weighted by Crippen LogP contribution is 2.36. The van der Waals surface area contributed by atoms with Crippen molar-refractivity contribution in [1.29, 1.82) is 0 Å². The summed E-state index contributed by atoms with van der Waals surface area (Å²) < 4.78 is 25.3. The van der Waals surface area contributed by atoms with Gasteiger partial charge in [-0.3, -0.25) is 9.52 Å². The number of thiophene rings is 1. The SMILES string of the molecule is Cc1ccccc1[C@@H]1CC(c2ccc(NS(C)(=O)=O)cc2)=NN1C(=O)c1cccs1. The van der Waals surface area contributed by atoms with Crippen molar-refractivity contribution in [2.45, 2.75) is 19.4 Å². The van der Waals surface area contributed by atoms with Gasteiger partial charge < -0.3 is 0 Å². The lowest BCUT2D eigenvalue weighted by atomic mass is 9.95. The van der Waals surface area contributed by atoms with Gasteiger partial charge in [0.1, 0.15) is 0 Å². The molecule has 1 aliphatic heterocycles. The lowest BCUT2D eigenvalue weighted by molar-refractivity contribution is 0.0716. The Hall–Kier alpha value is -2.97. The number of carbonyl (C=O) groups is 1. The number of sulfonamides is 1. The van der Waals surface area contributed by atoms with Crippen molar-refractivity contribution in [3.63, 3.8) is 0 Å². The Kier molecular flexibility index (Phi) is 5.44. The van der Waals surface area contributed by atoms with Gasteiger partial charge in [0.05, 0.1) is 22.9 Å². The van der Waals surface area contributed by atoms with Crippen molar-refractivity contribution in [3.05, 3.63) is 87.6 Å². The van der Waals surface area contributed by atoms with E-state index in [9.17, 15) is 13.2 Å². The number of nitrogens with one attached hydrogen (secondary N) is 1. The molecule has 0 spiro atoms. The van der Waals surface area contributed by atoms with E-state index >= 15 is 0 Å². The largest absolute Gasteiger partial charge is 0.284 e. The number of nitrogens with zero attached hydrogens (tertiary/aromatic N) is 2. The number of hydrogen-bond donors (Lipinski definition) is 1. The van der Waals surface area contributed by atoms with Gasteiger partial charge in [0.15, 0.2) is 0 Å². The summed E-state index contributed by atoms with van der Waals surface area (Å²) in [6, 6.07) is 18.5. The van der Waals surface area contributed by atoms with Crippen LogP contribution in [0.5, 0.6) is 0 Å². The maximum atomic E-state index is 13.1. The molecule has 1 N–H and O–H groups in total. The molecule has 1 amide bonds. The molecule has 2 heterocycles. The quantitative estimate of drug-likeness (QED) is 0.639. The van der Waals surface area contributed by atoms with Crippen LogP contribution in [0.4, 0.5) is 5.69 Å².